The van der Waals surface area contributed by atoms with Crippen LogP contribution in [0.25, 0.3) is 0 Å². The molecular weight excluding hydrogens is 250 g/mol. The third-order valence-electron chi connectivity index (χ3n) is 3.44. The van der Waals surface area contributed by atoms with Crippen LogP contribution in [0.4, 0.5) is 0 Å². The second-order valence-electron chi connectivity index (χ2n) is 4.83. The van der Waals surface area contributed by atoms with Crippen molar-refractivity contribution >= 4 is 28.7 Å². The Kier molecular flexibility index (Phi) is 4.63. The molecule has 5 nitrogen and oxygen atoms in total. The molecule has 1 fully saturated rings. The molecule has 100 valence electrons. The zero-order chi connectivity index (χ0) is 13.0. The molecule has 1 heterocycles. The highest BCUT2D eigenvalue weighted by atomic mass is 32.2. The van der Waals surface area contributed by atoms with E-state index in [0.717, 1.165) is 25.0 Å². The molecule has 0 radical (unpaired) electrons. The van der Waals surface area contributed by atoms with Crippen molar-refractivity contribution in [2.75, 3.05) is 12.3 Å². The standard InChI is InChI=1S/C12H19N3O2S/c1-8-4-2-3-5-9(8)14-10(16)11(17)15-12-13-6-7-18-12/h8-9H,2-7H2,1H3,(H,14,16)(H,13,15,17). The molecule has 1 aliphatic heterocycles. The van der Waals surface area contributed by atoms with Crippen molar-refractivity contribution in [1.82, 2.24) is 10.6 Å². The average Bonchev–Trinajstić information content (AvgIpc) is 2.84. The highest BCUT2D eigenvalue weighted by Gasteiger charge is 2.26. The van der Waals surface area contributed by atoms with Crippen molar-refractivity contribution in [1.29, 1.82) is 0 Å². The van der Waals surface area contributed by atoms with Crippen molar-refractivity contribution in [2.24, 2.45) is 10.9 Å². The smallest absolute Gasteiger partial charge is 0.315 e. The van der Waals surface area contributed by atoms with E-state index in [0.29, 0.717) is 17.6 Å². The lowest BCUT2D eigenvalue weighted by atomic mass is 9.86. The Morgan fingerprint density at radius 1 is 1.28 bits per heavy atom. The summed E-state index contributed by atoms with van der Waals surface area (Å²) in [5.41, 5.74) is 0. The number of nitrogens with zero attached hydrogens (tertiary/aromatic N) is 1. The third-order valence-corrected chi connectivity index (χ3v) is 4.33. The minimum absolute atomic E-state index is 0.134. The number of amides is 2. The average molecular weight is 269 g/mol. The number of carbonyl (C=O) groups is 2. The normalized spacial score (nSPS) is 27.5. The molecule has 1 saturated carbocycles. The van der Waals surface area contributed by atoms with Crippen molar-refractivity contribution < 1.29 is 9.59 Å². The van der Waals surface area contributed by atoms with E-state index in [9.17, 15) is 9.59 Å². The topological polar surface area (TPSA) is 70.6 Å². The Balaban J connectivity index is 1.81. The largest absolute Gasteiger partial charge is 0.345 e. The summed E-state index contributed by atoms with van der Waals surface area (Å²) in [6, 6.07) is 0.134. The monoisotopic (exact) mass is 269 g/mol. The number of thioether (sulfide) groups is 1. The number of rotatable bonds is 1. The predicted molar refractivity (Wildman–Crippen MR) is 72.5 cm³/mol. The SMILES string of the molecule is CC1CCCCC1NC(=O)C(=O)NC1=NCCS1. The highest BCUT2D eigenvalue weighted by Crippen LogP contribution is 2.23. The zero-order valence-corrected chi connectivity index (χ0v) is 11.4. The second kappa shape index (κ2) is 6.22. The van der Waals surface area contributed by atoms with Crippen LogP contribution in [0.5, 0.6) is 0 Å². The summed E-state index contributed by atoms with van der Waals surface area (Å²) in [6.07, 6.45) is 4.43. The fourth-order valence-electron chi connectivity index (χ4n) is 2.33. The molecule has 0 bridgehead atoms. The maximum absolute atomic E-state index is 11.8. The van der Waals surface area contributed by atoms with Crippen LogP contribution in [-0.4, -0.2) is 35.3 Å². The molecule has 1 aliphatic carbocycles. The van der Waals surface area contributed by atoms with Gasteiger partial charge in [0.05, 0.1) is 6.54 Å². The summed E-state index contributed by atoms with van der Waals surface area (Å²) >= 11 is 1.47. The van der Waals surface area contributed by atoms with Crippen LogP contribution in [0.15, 0.2) is 4.99 Å². The molecule has 2 atom stereocenters. The van der Waals surface area contributed by atoms with Crippen LogP contribution in [-0.2, 0) is 9.59 Å². The highest BCUT2D eigenvalue weighted by molar-refractivity contribution is 8.14. The minimum atomic E-state index is -0.596. The van der Waals surface area contributed by atoms with Gasteiger partial charge in [-0.3, -0.25) is 19.9 Å². The second-order valence-corrected chi connectivity index (χ2v) is 5.91. The molecular formula is C12H19N3O2S. The summed E-state index contributed by atoms with van der Waals surface area (Å²) in [4.78, 5) is 27.5. The van der Waals surface area contributed by atoms with E-state index in [1.54, 1.807) is 0 Å². The summed E-state index contributed by atoms with van der Waals surface area (Å²) in [5.74, 6) is 0.190. The fraction of sp³-hybridized carbons (Fsp3) is 0.750. The van der Waals surface area contributed by atoms with Gasteiger partial charge in [0.1, 0.15) is 0 Å². The van der Waals surface area contributed by atoms with Crippen LogP contribution in [0, 0.1) is 5.92 Å². The molecule has 2 aliphatic rings. The van der Waals surface area contributed by atoms with Gasteiger partial charge in [-0.25, -0.2) is 0 Å². The van der Waals surface area contributed by atoms with Crippen molar-refractivity contribution in [3.05, 3.63) is 0 Å². The molecule has 2 unspecified atom stereocenters. The van der Waals surface area contributed by atoms with Crippen LogP contribution < -0.4 is 10.6 Å². The molecule has 2 amide bonds. The predicted octanol–water partition coefficient (Wildman–Crippen LogP) is 0.900. The number of carbonyl (C=O) groups excluding carboxylic acids is 2. The van der Waals surface area contributed by atoms with Crippen LogP contribution in [0.3, 0.4) is 0 Å². The fourth-order valence-corrected chi connectivity index (χ4v) is 3.05. The minimum Gasteiger partial charge on any atom is -0.345 e. The lowest BCUT2D eigenvalue weighted by molar-refractivity contribution is -0.139. The first kappa shape index (κ1) is 13.4. The molecule has 6 heteroatoms. The van der Waals surface area contributed by atoms with Gasteiger partial charge in [-0.15, -0.1) is 0 Å². The Morgan fingerprint density at radius 2 is 2.06 bits per heavy atom. The van der Waals surface area contributed by atoms with Gasteiger partial charge in [-0.05, 0) is 18.8 Å². The van der Waals surface area contributed by atoms with Gasteiger partial charge in [0, 0.05) is 11.8 Å². The molecule has 0 saturated heterocycles. The first-order chi connectivity index (χ1) is 8.66. The summed E-state index contributed by atoms with van der Waals surface area (Å²) < 4.78 is 0. The Bertz CT molecular complexity index is 370. The number of aliphatic imine (C=N–C) groups is 1. The molecule has 2 N–H and O–H groups in total. The van der Waals surface area contributed by atoms with Gasteiger partial charge in [0.2, 0.25) is 0 Å². The Hall–Kier alpha value is -1.04. The van der Waals surface area contributed by atoms with Gasteiger partial charge in [0.15, 0.2) is 5.17 Å². The summed E-state index contributed by atoms with van der Waals surface area (Å²) in [7, 11) is 0. The molecule has 0 aromatic carbocycles. The van der Waals surface area contributed by atoms with Crippen molar-refractivity contribution in [2.45, 2.75) is 38.6 Å². The van der Waals surface area contributed by atoms with Gasteiger partial charge in [-0.2, -0.15) is 0 Å². The van der Waals surface area contributed by atoms with E-state index in [2.05, 4.69) is 22.5 Å². The van der Waals surface area contributed by atoms with E-state index >= 15 is 0 Å². The van der Waals surface area contributed by atoms with Crippen molar-refractivity contribution in [3.63, 3.8) is 0 Å². The lowest BCUT2D eigenvalue weighted by Gasteiger charge is -2.29. The molecule has 0 spiro atoms. The Labute approximate surface area is 111 Å². The summed E-state index contributed by atoms with van der Waals surface area (Å²) in [5, 5.41) is 5.93. The van der Waals surface area contributed by atoms with Gasteiger partial charge in [-0.1, -0.05) is 31.5 Å². The molecule has 2 rings (SSSR count). The zero-order valence-electron chi connectivity index (χ0n) is 10.6. The third kappa shape index (κ3) is 3.48. The van der Waals surface area contributed by atoms with E-state index in [1.165, 1.54) is 18.2 Å². The Morgan fingerprint density at radius 3 is 2.72 bits per heavy atom. The number of hydrogen-bond donors (Lipinski definition) is 2. The van der Waals surface area contributed by atoms with Gasteiger partial charge >= 0.3 is 11.8 Å². The van der Waals surface area contributed by atoms with Crippen LogP contribution in [0.2, 0.25) is 0 Å². The first-order valence-electron chi connectivity index (χ1n) is 6.46. The molecule has 0 aromatic heterocycles. The number of hydrogen-bond acceptors (Lipinski definition) is 4. The number of amidine groups is 1. The quantitative estimate of drug-likeness (QED) is 0.695. The molecule has 0 aromatic rings. The van der Waals surface area contributed by atoms with E-state index in [-0.39, 0.29) is 6.04 Å². The van der Waals surface area contributed by atoms with E-state index in [1.807, 2.05) is 0 Å². The maximum atomic E-state index is 11.8. The lowest BCUT2D eigenvalue weighted by Crippen LogP contribution is -2.48. The first-order valence-corrected chi connectivity index (χ1v) is 7.44. The van der Waals surface area contributed by atoms with Gasteiger partial charge < -0.3 is 5.32 Å². The maximum Gasteiger partial charge on any atom is 0.315 e. The number of nitrogens with one attached hydrogen (secondary N) is 2. The van der Waals surface area contributed by atoms with Crippen LogP contribution in [0.1, 0.15) is 32.6 Å². The van der Waals surface area contributed by atoms with Crippen molar-refractivity contribution in [3.8, 4) is 0 Å². The molecule has 18 heavy (non-hydrogen) atoms. The van der Waals surface area contributed by atoms with Gasteiger partial charge in [0.25, 0.3) is 0 Å². The van der Waals surface area contributed by atoms with E-state index < -0.39 is 11.8 Å². The van der Waals surface area contributed by atoms with E-state index in [4.69, 9.17) is 0 Å². The summed E-state index contributed by atoms with van der Waals surface area (Å²) in [6.45, 7) is 2.83. The van der Waals surface area contributed by atoms with Crippen LogP contribution >= 0.6 is 11.8 Å².